The Morgan fingerprint density at radius 2 is 2.00 bits per heavy atom. The van der Waals surface area contributed by atoms with Gasteiger partial charge in [0.15, 0.2) is 0 Å². The zero-order chi connectivity index (χ0) is 13.5. The topological polar surface area (TPSA) is 37.3 Å². The predicted octanol–water partition coefficient (Wildman–Crippen LogP) is 2.00. The molecule has 1 aromatic rings. The fourth-order valence-corrected chi connectivity index (χ4v) is 2.58. The van der Waals surface area contributed by atoms with Gasteiger partial charge in [-0.3, -0.25) is 4.79 Å². The van der Waals surface area contributed by atoms with Crippen molar-refractivity contribution in [3.63, 3.8) is 0 Å². The van der Waals surface area contributed by atoms with Gasteiger partial charge in [0.25, 0.3) is 0 Å². The molecule has 0 aromatic carbocycles. The Bertz CT molecular complexity index is 392. The number of aromatic nitrogens is 1. The zero-order valence-corrected chi connectivity index (χ0v) is 11.9. The fraction of sp³-hybridized carbons (Fsp3) is 0.667. The van der Waals surface area contributed by atoms with Crippen LogP contribution in [-0.4, -0.2) is 35.0 Å². The van der Waals surface area contributed by atoms with Crippen LogP contribution in [0.15, 0.2) is 18.3 Å². The quantitative estimate of drug-likeness (QED) is 0.882. The second kappa shape index (κ2) is 7.34. The van der Waals surface area contributed by atoms with Crippen LogP contribution < -0.4 is 5.32 Å². The van der Waals surface area contributed by atoms with E-state index in [0.29, 0.717) is 6.54 Å². The first-order valence-electron chi connectivity index (χ1n) is 7.43. The van der Waals surface area contributed by atoms with Crippen LogP contribution >= 0.6 is 0 Å². The van der Waals surface area contributed by atoms with Gasteiger partial charge >= 0.3 is 0 Å². The second-order valence-corrected chi connectivity index (χ2v) is 5.20. The Kier molecular flexibility index (Phi) is 5.45. The predicted molar refractivity (Wildman–Crippen MR) is 76.9 cm³/mol. The highest BCUT2D eigenvalue weighted by atomic mass is 16.2. The van der Waals surface area contributed by atoms with E-state index in [4.69, 9.17) is 0 Å². The fourth-order valence-electron chi connectivity index (χ4n) is 2.58. The standard InChI is InChI=1S/C15H25N3O/c1-2-16-12-14-8-7-11-18(14)13-15(19)17-9-5-3-4-6-10-17/h7-8,11,16H,2-6,9-10,12-13H2,1H3. The van der Waals surface area contributed by atoms with E-state index in [-0.39, 0.29) is 5.91 Å². The molecule has 1 aromatic heterocycles. The van der Waals surface area contributed by atoms with Crippen LogP contribution in [0.1, 0.15) is 38.3 Å². The maximum absolute atomic E-state index is 12.3. The summed E-state index contributed by atoms with van der Waals surface area (Å²) in [5, 5.41) is 3.31. The lowest BCUT2D eigenvalue weighted by Gasteiger charge is -2.21. The summed E-state index contributed by atoms with van der Waals surface area (Å²) in [5.41, 5.74) is 1.19. The molecule has 0 atom stereocenters. The van der Waals surface area contributed by atoms with Crippen LogP contribution in [0.3, 0.4) is 0 Å². The molecule has 0 aliphatic carbocycles. The van der Waals surface area contributed by atoms with E-state index >= 15 is 0 Å². The number of carbonyl (C=O) groups is 1. The third kappa shape index (κ3) is 4.10. The van der Waals surface area contributed by atoms with E-state index in [1.54, 1.807) is 0 Å². The lowest BCUT2D eigenvalue weighted by Crippen LogP contribution is -2.35. The van der Waals surface area contributed by atoms with Crippen LogP contribution in [0.2, 0.25) is 0 Å². The van der Waals surface area contributed by atoms with Gasteiger partial charge in [0.2, 0.25) is 5.91 Å². The monoisotopic (exact) mass is 263 g/mol. The molecule has 1 fully saturated rings. The van der Waals surface area contributed by atoms with Crippen LogP contribution in [0.5, 0.6) is 0 Å². The molecule has 2 rings (SSSR count). The van der Waals surface area contributed by atoms with Gasteiger partial charge in [-0.05, 0) is 31.5 Å². The van der Waals surface area contributed by atoms with Crippen molar-refractivity contribution < 1.29 is 4.79 Å². The second-order valence-electron chi connectivity index (χ2n) is 5.20. The van der Waals surface area contributed by atoms with Crippen molar-refractivity contribution in [3.05, 3.63) is 24.0 Å². The van der Waals surface area contributed by atoms with Gasteiger partial charge < -0.3 is 14.8 Å². The molecule has 1 saturated heterocycles. The highest BCUT2D eigenvalue weighted by Gasteiger charge is 2.16. The Morgan fingerprint density at radius 1 is 1.26 bits per heavy atom. The number of likely N-dealkylation sites (tertiary alicyclic amines) is 1. The minimum Gasteiger partial charge on any atom is -0.341 e. The van der Waals surface area contributed by atoms with E-state index in [1.807, 2.05) is 17.2 Å². The van der Waals surface area contributed by atoms with Crippen molar-refractivity contribution in [2.24, 2.45) is 0 Å². The third-order valence-corrected chi connectivity index (χ3v) is 3.74. The van der Waals surface area contributed by atoms with E-state index in [0.717, 1.165) is 39.0 Å². The molecule has 1 N–H and O–H groups in total. The minimum atomic E-state index is 0.260. The largest absolute Gasteiger partial charge is 0.341 e. The third-order valence-electron chi connectivity index (χ3n) is 3.74. The van der Waals surface area contributed by atoms with Crippen molar-refractivity contribution in [2.75, 3.05) is 19.6 Å². The highest BCUT2D eigenvalue weighted by molar-refractivity contribution is 5.76. The smallest absolute Gasteiger partial charge is 0.242 e. The lowest BCUT2D eigenvalue weighted by molar-refractivity contribution is -0.131. The molecule has 0 radical (unpaired) electrons. The van der Waals surface area contributed by atoms with Crippen LogP contribution in [0.25, 0.3) is 0 Å². The Morgan fingerprint density at radius 3 is 2.68 bits per heavy atom. The van der Waals surface area contributed by atoms with Gasteiger partial charge in [-0.2, -0.15) is 0 Å². The Balaban J connectivity index is 1.92. The molecule has 2 heterocycles. The van der Waals surface area contributed by atoms with Crippen molar-refractivity contribution >= 4 is 5.91 Å². The highest BCUT2D eigenvalue weighted by Crippen LogP contribution is 2.11. The number of nitrogens with one attached hydrogen (secondary N) is 1. The molecule has 1 amide bonds. The van der Waals surface area contributed by atoms with E-state index in [2.05, 4.69) is 22.9 Å². The SMILES string of the molecule is CCNCc1cccn1CC(=O)N1CCCCCC1. The van der Waals surface area contributed by atoms with E-state index < -0.39 is 0 Å². The molecule has 0 unspecified atom stereocenters. The van der Waals surface area contributed by atoms with Gasteiger partial charge in [0, 0.05) is 31.5 Å². The van der Waals surface area contributed by atoms with Crippen molar-refractivity contribution in [3.8, 4) is 0 Å². The summed E-state index contributed by atoms with van der Waals surface area (Å²) < 4.78 is 2.07. The van der Waals surface area contributed by atoms with Crippen LogP contribution in [0, 0.1) is 0 Å². The number of rotatable bonds is 5. The molecule has 106 valence electrons. The van der Waals surface area contributed by atoms with Crippen molar-refractivity contribution in [2.45, 2.75) is 45.7 Å². The molecule has 0 saturated carbocycles. The minimum absolute atomic E-state index is 0.260. The molecule has 0 spiro atoms. The van der Waals surface area contributed by atoms with E-state index in [1.165, 1.54) is 18.5 Å². The first-order chi connectivity index (χ1) is 9.31. The maximum atomic E-state index is 12.3. The summed E-state index contributed by atoms with van der Waals surface area (Å²) in [5.74, 6) is 0.260. The number of hydrogen-bond donors (Lipinski definition) is 1. The summed E-state index contributed by atoms with van der Waals surface area (Å²) in [7, 11) is 0. The van der Waals surface area contributed by atoms with Gasteiger partial charge in [-0.15, -0.1) is 0 Å². The molecule has 4 nitrogen and oxygen atoms in total. The van der Waals surface area contributed by atoms with Gasteiger partial charge in [-0.1, -0.05) is 19.8 Å². The summed E-state index contributed by atoms with van der Waals surface area (Å²) in [6, 6.07) is 4.10. The van der Waals surface area contributed by atoms with Gasteiger partial charge in [0.1, 0.15) is 6.54 Å². The van der Waals surface area contributed by atoms with Gasteiger partial charge in [0.05, 0.1) is 0 Å². The van der Waals surface area contributed by atoms with Crippen molar-refractivity contribution in [1.82, 2.24) is 14.8 Å². The molecule has 1 aliphatic rings. The average Bonchev–Trinajstić information content (AvgIpc) is 2.67. The molecule has 1 aliphatic heterocycles. The normalized spacial score (nSPS) is 16.4. The molecule has 4 heteroatoms. The number of nitrogens with zero attached hydrogens (tertiary/aromatic N) is 2. The molecular weight excluding hydrogens is 238 g/mol. The Hall–Kier alpha value is -1.29. The number of amides is 1. The van der Waals surface area contributed by atoms with Crippen molar-refractivity contribution in [1.29, 1.82) is 0 Å². The summed E-state index contributed by atoms with van der Waals surface area (Å²) in [6.07, 6.45) is 6.84. The first-order valence-corrected chi connectivity index (χ1v) is 7.43. The van der Waals surface area contributed by atoms with Crippen LogP contribution in [0.4, 0.5) is 0 Å². The average molecular weight is 263 g/mol. The Labute approximate surface area is 115 Å². The number of hydrogen-bond acceptors (Lipinski definition) is 2. The molecule has 19 heavy (non-hydrogen) atoms. The summed E-state index contributed by atoms with van der Waals surface area (Å²) in [6.45, 7) is 6.22. The summed E-state index contributed by atoms with van der Waals surface area (Å²) in [4.78, 5) is 14.4. The van der Waals surface area contributed by atoms with E-state index in [9.17, 15) is 4.79 Å². The maximum Gasteiger partial charge on any atom is 0.242 e. The number of carbonyl (C=O) groups excluding carboxylic acids is 1. The molecular formula is C15H25N3O. The van der Waals surface area contributed by atoms with Gasteiger partial charge in [-0.25, -0.2) is 0 Å². The van der Waals surface area contributed by atoms with Crippen LogP contribution in [-0.2, 0) is 17.9 Å². The first kappa shape index (κ1) is 14.1. The zero-order valence-electron chi connectivity index (χ0n) is 11.9. The molecule has 0 bridgehead atoms. The summed E-state index contributed by atoms with van der Waals surface area (Å²) >= 11 is 0. The lowest BCUT2D eigenvalue weighted by atomic mass is 10.2.